The summed E-state index contributed by atoms with van der Waals surface area (Å²) in [5.74, 6) is 6.26. The fraction of sp³-hybridized carbons (Fsp3) is 0.429. The number of nitro benzene ring substituents is 1. The number of benzene rings is 3. The fourth-order valence-corrected chi connectivity index (χ4v) is 11.8. The van der Waals surface area contributed by atoms with Gasteiger partial charge < -0.3 is 29.6 Å². The minimum atomic E-state index is -4.55. The molecule has 4 fully saturated rings. The molecule has 15 nitrogen and oxygen atoms in total. The van der Waals surface area contributed by atoms with Crippen LogP contribution in [0.25, 0.3) is 11.0 Å². The lowest BCUT2D eigenvalue weighted by atomic mass is 9.59. The lowest BCUT2D eigenvalue weighted by molar-refractivity contribution is -0.384. The summed E-state index contributed by atoms with van der Waals surface area (Å²) in [6.45, 7) is 7.16. The Labute approximate surface area is 379 Å². The van der Waals surface area contributed by atoms with Crippen LogP contribution in [0, 0.1) is 33.3 Å². The van der Waals surface area contributed by atoms with Crippen molar-refractivity contribution in [2.24, 2.45) is 11.3 Å². The van der Waals surface area contributed by atoms with E-state index in [1.54, 1.807) is 12.3 Å². The first-order chi connectivity index (χ1) is 31.6. The molecule has 3 saturated heterocycles. The summed E-state index contributed by atoms with van der Waals surface area (Å²) >= 11 is 0. The number of aromatic amines is 1. The number of carbonyl (C=O) groups is 1. The Morgan fingerprint density at radius 1 is 0.969 bits per heavy atom. The number of piperidine rings is 1. The molecule has 0 bridgehead atoms. The first-order valence-corrected chi connectivity index (χ1v) is 24.3. The molecular weight excluding hydrogens is 845 g/mol. The van der Waals surface area contributed by atoms with Gasteiger partial charge in [0.2, 0.25) is 5.88 Å². The number of nitro groups is 1. The van der Waals surface area contributed by atoms with Crippen molar-refractivity contribution in [3.8, 4) is 17.7 Å². The molecule has 3 N–H and O–H groups in total. The number of ether oxygens (including phenoxy) is 2. The van der Waals surface area contributed by atoms with Crippen LogP contribution >= 0.6 is 0 Å². The summed E-state index contributed by atoms with van der Waals surface area (Å²) in [6.07, 6.45) is 10.3. The molecule has 2 aromatic heterocycles. The van der Waals surface area contributed by atoms with Gasteiger partial charge in [0.25, 0.3) is 21.6 Å². The SMILES string of the molecule is CC#Cc1ccccc1[C@@H]1CCCN1C1CC2(CCN(c3ccc(C(=O)NS(=O)(=O)c4ccc(NCC5CCOCC5)c([N+](=O)[O-])c4)c(N4CCOc5nc6[nH]ccc6cc54)c3)CC2)C1. The Kier molecular flexibility index (Phi) is 11.6. The number of carbonyl (C=O) groups excluding carboxylic acids is 1. The second kappa shape index (κ2) is 17.7. The van der Waals surface area contributed by atoms with E-state index in [0.717, 1.165) is 74.4 Å². The van der Waals surface area contributed by atoms with Gasteiger partial charge >= 0.3 is 0 Å². The molecule has 1 amide bonds. The van der Waals surface area contributed by atoms with E-state index in [9.17, 15) is 23.3 Å². The van der Waals surface area contributed by atoms with Crippen molar-refractivity contribution >= 4 is 55.4 Å². The van der Waals surface area contributed by atoms with Gasteiger partial charge in [0, 0.05) is 73.8 Å². The van der Waals surface area contributed by atoms with E-state index >= 15 is 0 Å². The predicted octanol–water partition coefficient (Wildman–Crippen LogP) is 7.92. The van der Waals surface area contributed by atoms with Crippen LogP contribution in [-0.4, -0.2) is 92.7 Å². The highest BCUT2D eigenvalue weighted by molar-refractivity contribution is 7.90. The molecule has 10 rings (SSSR count). The number of nitrogens with one attached hydrogen (secondary N) is 3. The van der Waals surface area contributed by atoms with Crippen LogP contribution in [0.2, 0.25) is 0 Å². The molecule has 3 aromatic carbocycles. The second-order valence-electron chi connectivity index (χ2n) is 18.1. The monoisotopic (exact) mass is 898 g/mol. The Morgan fingerprint density at radius 2 is 1.78 bits per heavy atom. The molecule has 338 valence electrons. The van der Waals surface area contributed by atoms with Gasteiger partial charge in [-0.15, -0.1) is 5.92 Å². The molecule has 1 aliphatic carbocycles. The largest absolute Gasteiger partial charge is 0.474 e. The Bertz CT molecular complexity index is 2800. The third-order valence-corrected chi connectivity index (χ3v) is 15.7. The molecule has 1 saturated carbocycles. The number of hydrogen-bond acceptors (Lipinski definition) is 12. The van der Waals surface area contributed by atoms with Crippen molar-refractivity contribution in [1.29, 1.82) is 0 Å². The number of fused-ring (bicyclic) bond motifs is 2. The van der Waals surface area contributed by atoms with E-state index < -0.39 is 26.5 Å². The van der Waals surface area contributed by atoms with E-state index in [1.165, 1.54) is 37.0 Å². The van der Waals surface area contributed by atoms with Crippen molar-refractivity contribution in [2.45, 2.75) is 75.3 Å². The van der Waals surface area contributed by atoms with Crippen LogP contribution in [0.4, 0.5) is 28.4 Å². The smallest absolute Gasteiger partial charge is 0.293 e. The summed E-state index contributed by atoms with van der Waals surface area (Å²) in [6, 6.07) is 22.6. The number of anilines is 4. The molecule has 4 aliphatic heterocycles. The number of aromatic nitrogens is 2. The lowest BCUT2D eigenvalue weighted by Gasteiger charge is -2.56. The van der Waals surface area contributed by atoms with Crippen LogP contribution < -0.4 is 24.6 Å². The maximum absolute atomic E-state index is 14.3. The van der Waals surface area contributed by atoms with Gasteiger partial charge in [0.15, 0.2) is 0 Å². The molecule has 5 aliphatic rings. The highest BCUT2D eigenvalue weighted by atomic mass is 32.2. The molecule has 65 heavy (non-hydrogen) atoms. The highest BCUT2D eigenvalue weighted by Gasteiger charge is 2.50. The van der Waals surface area contributed by atoms with E-state index in [0.29, 0.717) is 66.7 Å². The molecule has 5 aromatic rings. The first kappa shape index (κ1) is 42.8. The minimum Gasteiger partial charge on any atom is -0.474 e. The summed E-state index contributed by atoms with van der Waals surface area (Å²) in [5.41, 5.74) is 5.48. The van der Waals surface area contributed by atoms with Crippen LogP contribution in [0.3, 0.4) is 0 Å². The average Bonchev–Trinajstić information content (AvgIpc) is 3.99. The highest BCUT2D eigenvalue weighted by Crippen LogP contribution is 2.54. The first-order valence-electron chi connectivity index (χ1n) is 22.8. The minimum absolute atomic E-state index is 0.130. The third-order valence-electron chi connectivity index (χ3n) is 14.3. The van der Waals surface area contributed by atoms with Crippen LogP contribution in [0.5, 0.6) is 5.88 Å². The molecule has 16 heteroatoms. The van der Waals surface area contributed by atoms with Crippen molar-refractivity contribution in [3.05, 3.63) is 106 Å². The standard InChI is InChI=1S/C49H54N8O7S/c1-2-6-34-7-3-4-8-39(34)42-9-5-20-55(42)37-30-49(31-37)17-21-54(22-18-49)36-10-12-40(43(28-36)56-23-26-64-48-45(56)27-35-14-19-50-46(35)52-48)47(58)53-65(61,62)38-11-13-41(44(29-38)57(59)60)51-32-33-15-24-63-25-16-33/h3-4,7-8,10-14,19,27-29,33,37,42,51H,5,9,15-18,20-26,30-32H2,1H3,(H,50,52)(H,53,58)/t42-/m0/s1. The Hall–Kier alpha value is -6.15. The van der Waals surface area contributed by atoms with Crippen LogP contribution in [0.15, 0.2) is 83.9 Å². The maximum atomic E-state index is 14.3. The van der Waals surface area contributed by atoms with Crippen molar-refractivity contribution in [1.82, 2.24) is 19.6 Å². The van der Waals surface area contributed by atoms with Crippen LogP contribution in [0.1, 0.15) is 85.8 Å². The van der Waals surface area contributed by atoms with Crippen molar-refractivity contribution in [3.63, 3.8) is 0 Å². The van der Waals surface area contributed by atoms with Gasteiger partial charge in [0.1, 0.15) is 23.6 Å². The molecular formula is C49H54N8O7S. The van der Waals surface area contributed by atoms with Gasteiger partial charge in [-0.05, 0) is 130 Å². The van der Waals surface area contributed by atoms with Crippen LogP contribution in [-0.2, 0) is 14.8 Å². The number of rotatable bonds is 11. The van der Waals surface area contributed by atoms with Gasteiger partial charge in [-0.3, -0.25) is 19.8 Å². The number of hydrogen-bond donors (Lipinski definition) is 3. The predicted molar refractivity (Wildman–Crippen MR) is 249 cm³/mol. The van der Waals surface area contributed by atoms with E-state index in [2.05, 4.69) is 60.9 Å². The zero-order valence-corrected chi connectivity index (χ0v) is 37.4. The summed E-state index contributed by atoms with van der Waals surface area (Å²) in [4.78, 5) is 40.4. The lowest BCUT2D eigenvalue weighted by Crippen LogP contribution is -2.54. The van der Waals surface area contributed by atoms with Gasteiger partial charge in [-0.1, -0.05) is 24.1 Å². The van der Waals surface area contributed by atoms with Gasteiger partial charge in [-0.2, -0.15) is 4.98 Å². The summed E-state index contributed by atoms with van der Waals surface area (Å²) in [5, 5.41) is 16.2. The van der Waals surface area contributed by atoms with E-state index in [4.69, 9.17) is 14.5 Å². The Balaban J connectivity index is 0.886. The Morgan fingerprint density at radius 3 is 2.58 bits per heavy atom. The second-order valence-corrected chi connectivity index (χ2v) is 19.8. The molecule has 0 unspecified atom stereocenters. The number of amides is 1. The molecule has 1 atom stereocenters. The van der Waals surface area contributed by atoms with Crippen molar-refractivity contribution < 1.29 is 27.6 Å². The normalized spacial score (nSPS) is 20.1. The topological polar surface area (TPSA) is 175 Å². The van der Waals surface area contributed by atoms with E-state index in [1.807, 2.05) is 36.1 Å². The maximum Gasteiger partial charge on any atom is 0.293 e. The number of pyridine rings is 1. The summed E-state index contributed by atoms with van der Waals surface area (Å²) in [7, 11) is -4.55. The van der Waals surface area contributed by atoms with E-state index in [-0.39, 0.29) is 28.7 Å². The number of nitrogens with zero attached hydrogens (tertiary/aromatic N) is 5. The quantitative estimate of drug-likeness (QED) is 0.0665. The number of likely N-dealkylation sites (tertiary alicyclic amines) is 1. The molecule has 0 radical (unpaired) electrons. The molecule has 6 heterocycles. The third kappa shape index (κ3) is 8.48. The number of H-pyrrole nitrogens is 1. The zero-order valence-electron chi connectivity index (χ0n) is 36.6. The zero-order chi connectivity index (χ0) is 44.7. The average molecular weight is 899 g/mol. The summed E-state index contributed by atoms with van der Waals surface area (Å²) < 4.78 is 41.5. The van der Waals surface area contributed by atoms with Crippen molar-refractivity contribution in [2.75, 3.05) is 67.7 Å². The van der Waals surface area contributed by atoms with Gasteiger partial charge in [-0.25, -0.2) is 13.1 Å². The fourth-order valence-electron chi connectivity index (χ4n) is 10.8. The van der Waals surface area contributed by atoms with Gasteiger partial charge in [0.05, 0.1) is 27.6 Å². The molecule has 1 spiro atoms. The number of sulfonamides is 1.